The first kappa shape index (κ1) is 17.9. The molecule has 0 aromatic carbocycles. The predicted octanol–water partition coefficient (Wildman–Crippen LogP) is 2.50. The molecule has 0 bridgehead atoms. The molecule has 28 heavy (non-hydrogen) atoms. The molecular formula is C19H20N6O3. The average Bonchev–Trinajstić information content (AvgIpc) is 2.62. The zero-order valence-electron chi connectivity index (χ0n) is 15.5. The Morgan fingerprint density at radius 1 is 1.25 bits per heavy atom. The topological polar surface area (TPSA) is 138 Å². The van der Waals surface area contributed by atoms with Crippen LogP contribution >= 0.6 is 0 Å². The van der Waals surface area contributed by atoms with Gasteiger partial charge in [0, 0.05) is 23.3 Å². The van der Waals surface area contributed by atoms with Crippen molar-refractivity contribution < 1.29 is 14.3 Å². The van der Waals surface area contributed by atoms with Gasteiger partial charge >= 0.3 is 6.09 Å². The van der Waals surface area contributed by atoms with Crippen LogP contribution < -0.4 is 16.8 Å². The number of hydrogen-bond acceptors (Lipinski definition) is 8. The summed E-state index contributed by atoms with van der Waals surface area (Å²) in [5, 5.41) is 4.08. The number of anilines is 3. The van der Waals surface area contributed by atoms with Gasteiger partial charge in [-0.25, -0.2) is 14.8 Å². The zero-order valence-corrected chi connectivity index (χ0v) is 15.5. The molecule has 0 aliphatic carbocycles. The zero-order chi connectivity index (χ0) is 19.9. The van der Waals surface area contributed by atoms with Crippen molar-refractivity contribution in [2.75, 3.05) is 30.0 Å². The Morgan fingerprint density at radius 2 is 2.04 bits per heavy atom. The van der Waals surface area contributed by atoms with Crippen LogP contribution in [0.3, 0.4) is 0 Å². The van der Waals surface area contributed by atoms with Gasteiger partial charge in [-0.1, -0.05) is 0 Å². The van der Waals surface area contributed by atoms with Crippen LogP contribution in [0.2, 0.25) is 0 Å². The Balaban J connectivity index is 1.66. The number of nitrogens with one attached hydrogen (secondary N) is 1. The highest BCUT2D eigenvalue weighted by molar-refractivity contribution is 5.96. The Labute approximate surface area is 161 Å². The molecule has 5 N–H and O–H groups in total. The number of aromatic nitrogens is 3. The normalized spacial score (nSPS) is 15.1. The second-order valence-electron chi connectivity index (χ2n) is 7.04. The molecule has 0 atom stereocenters. The maximum absolute atomic E-state index is 12.1. The van der Waals surface area contributed by atoms with Gasteiger partial charge in [0.2, 0.25) is 0 Å². The summed E-state index contributed by atoms with van der Waals surface area (Å²) in [4.78, 5) is 24.9. The molecule has 1 amide bonds. The van der Waals surface area contributed by atoms with E-state index in [4.69, 9.17) is 20.9 Å². The minimum Gasteiger partial charge on any atom is -0.438 e. The molecule has 1 aliphatic heterocycles. The molecule has 9 heteroatoms. The lowest BCUT2D eigenvalue weighted by Crippen LogP contribution is -2.51. The summed E-state index contributed by atoms with van der Waals surface area (Å²) in [6.45, 7) is 4.47. The number of pyridine rings is 3. The first-order valence-electron chi connectivity index (χ1n) is 8.69. The lowest BCUT2D eigenvalue weighted by molar-refractivity contribution is -0.164. The number of nitrogens with two attached hydrogens (primary N) is 2. The molecule has 0 saturated carbocycles. The van der Waals surface area contributed by atoms with Gasteiger partial charge in [-0.2, -0.15) is 0 Å². The fourth-order valence-electron chi connectivity index (χ4n) is 2.98. The van der Waals surface area contributed by atoms with Gasteiger partial charge in [-0.05, 0) is 36.9 Å². The van der Waals surface area contributed by atoms with E-state index in [1.807, 2.05) is 19.9 Å². The third-order valence-corrected chi connectivity index (χ3v) is 4.66. The van der Waals surface area contributed by atoms with Crippen molar-refractivity contribution in [3.63, 3.8) is 0 Å². The van der Waals surface area contributed by atoms with E-state index >= 15 is 0 Å². The third kappa shape index (κ3) is 3.27. The monoisotopic (exact) mass is 380 g/mol. The molecule has 3 aromatic heterocycles. The number of nitrogens with zero attached hydrogens (tertiary/aromatic N) is 3. The van der Waals surface area contributed by atoms with Gasteiger partial charge in [0.1, 0.15) is 11.6 Å². The first-order chi connectivity index (χ1) is 13.3. The van der Waals surface area contributed by atoms with Crippen LogP contribution in [0, 0.1) is 6.92 Å². The lowest BCUT2D eigenvalue weighted by Gasteiger charge is -2.36. The Bertz CT molecular complexity index is 1080. The average molecular weight is 380 g/mol. The fraction of sp³-hybridized carbons (Fsp3) is 0.263. The second kappa shape index (κ2) is 6.61. The molecular weight excluding hydrogens is 360 g/mol. The minimum atomic E-state index is -0.597. The number of hydrogen-bond donors (Lipinski definition) is 3. The number of nitrogen functional groups attached to an aromatic ring is 2. The highest BCUT2D eigenvalue weighted by atomic mass is 16.6. The van der Waals surface area contributed by atoms with Gasteiger partial charge < -0.3 is 20.9 Å². The summed E-state index contributed by atoms with van der Waals surface area (Å²) in [5.41, 5.74) is 14.3. The Morgan fingerprint density at radius 3 is 2.75 bits per heavy atom. The van der Waals surface area contributed by atoms with Crippen LogP contribution in [-0.2, 0) is 9.47 Å². The van der Waals surface area contributed by atoms with Gasteiger partial charge in [-0.3, -0.25) is 10.3 Å². The van der Waals surface area contributed by atoms with Crippen molar-refractivity contribution in [1.82, 2.24) is 15.0 Å². The van der Waals surface area contributed by atoms with Crippen molar-refractivity contribution in [2.24, 2.45) is 0 Å². The van der Waals surface area contributed by atoms with Crippen LogP contribution in [0.4, 0.5) is 22.1 Å². The summed E-state index contributed by atoms with van der Waals surface area (Å²) in [6, 6.07) is 3.57. The molecule has 4 heterocycles. The molecule has 0 unspecified atom stereocenters. The van der Waals surface area contributed by atoms with E-state index in [1.165, 1.54) is 0 Å². The molecule has 3 aromatic rings. The largest absolute Gasteiger partial charge is 0.438 e. The molecule has 0 spiro atoms. The lowest BCUT2D eigenvalue weighted by atomic mass is 10.0. The number of amides is 1. The van der Waals surface area contributed by atoms with Gasteiger partial charge in [0.25, 0.3) is 0 Å². The van der Waals surface area contributed by atoms with Crippen molar-refractivity contribution in [3.8, 4) is 11.3 Å². The molecule has 144 valence electrons. The predicted molar refractivity (Wildman–Crippen MR) is 106 cm³/mol. The third-order valence-electron chi connectivity index (χ3n) is 4.66. The van der Waals surface area contributed by atoms with E-state index in [0.29, 0.717) is 41.6 Å². The molecule has 1 saturated heterocycles. The summed E-state index contributed by atoms with van der Waals surface area (Å²) < 4.78 is 10.4. The Kier molecular flexibility index (Phi) is 4.23. The summed E-state index contributed by atoms with van der Waals surface area (Å²) >= 11 is 0. The number of ether oxygens (including phenoxy) is 2. The van der Waals surface area contributed by atoms with E-state index in [2.05, 4.69) is 20.3 Å². The fourth-order valence-corrected chi connectivity index (χ4v) is 2.98. The maximum atomic E-state index is 12.1. The number of rotatable bonds is 3. The molecule has 9 nitrogen and oxygen atoms in total. The van der Waals surface area contributed by atoms with Crippen LogP contribution in [-0.4, -0.2) is 39.9 Å². The van der Waals surface area contributed by atoms with Gasteiger partial charge in [0.15, 0.2) is 5.60 Å². The van der Waals surface area contributed by atoms with Gasteiger partial charge in [-0.15, -0.1) is 0 Å². The SMILES string of the molecule is Cc1c(N)cncc1-c1cc2cc(NC(=O)OC3(C)COC3)ncc2c(N)n1. The number of fused-ring (bicyclic) bond motifs is 1. The minimum absolute atomic E-state index is 0.329. The molecule has 0 radical (unpaired) electrons. The standard InChI is InChI=1S/C19H20N6O3/c1-10-12(5-22-7-14(10)20)15-3-11-4-16(23-6-13(11)17(21)24-15)25-18(26)28-19(2)8-27-9-19/h3-7H,8-9,20H2,1-2H3,(H2,21,24)(H,23,25,26). The van der Waals surface area contributed by atoms with E-state index in [1.54, 1.807) is 24.7 Å². The second-order valence-corrected chi connectivity index (χ2v) is 7.04. The van der Waals surface area contributed by atoms with Crippen molar-refractivity contribution in [3.05, 3.63) is 36.3 Å². The summed E-state index contributed by atoms with van der Waals surface area (Å²) in [6.07, 6.45) is 4.26. The highest BCUT2D eigenvalue weighted by Crippen LogP contribution is 2.30. The van der Waals surface area contributed by atoms with Crippen LogP contribution in [0.15, 0.2) is 30.7 Å². The van der Waals surface area contributed by atoms with Crippen molar-refractivity contribution >= 4 is 34.2 Å². The van der Waals surface area contributed by atoms with E-state index in [9.17, 15) is 4.79 Å². The highest BCUT2D eigenvalue weighted by Gasteiger charge is 2.37. The van der Waals surface area contributed by atoms with E-state index < -0.39 is 11.7 Å². The van der Waals surface area contributed by atoms with E-state index in [-0.39, 0.29) is 0 Å². The smallest absolute Gasteiger partial charge is 0.413 e. The van der Waals surface area contributed by atoms with Crippen molar-refractivity contribution in [2.45, 2.75) is 19.4 Å². The van der Waals surface area contributed by atoms with Crippen LogP contribution in [0.5, 0.6) is 0 Å². The van der Waals surface area contributed by atoms with E-state index in [0.717, 1.165) is 16.5 Å². The maximum Gasteiger partial charge on any atom is 0.413 e. The summed E-state index contributed by atoms with van der Waals surface area (Å²) in [7, 11) is 0. The first-order valence-corrected chi connectivity index (χ1v) is 8.69. The molecule has 4 rings (SSSR count). The molecule has 1 aliphatic rings. The van der Waals surface area contributed by atoms with Gasteiger partial charge in [0.05, 0.1) is 30.8 Å². The Hall–Kier alpha value is -3.46. The molecule has 1 fully saturated rings. The van der Waals surface area contributed by atoms with Crippen LogP contribution in [0.25, 0.3) is 22.0 Å². The van der Waals surface area contributed by atoms with Crippen molar-refractivity contribution in [1.29, 1.82) is 0 Å². The summed E-state index contributed by atoms with van der Waals surface area (Å²) in [5.74, 6) is 0.676. The number of carbonyl (C=O) groups excluding carboxylic acids is 1. The van der Waals surface area contributed by atoms with Crippen LogP contribution in [0.1, 0.15) is 12.5 Å². The quantitative estimate of drug-likeness (QED) is 0.630. The number of carbonyl (C=O) groups is 1.